The van der Waals surface area contributed by atoms with E-state index in [2.05, 4.69) is 23.7 Å². The smallest absolute Gasteiger partial charge is 0.298 e. The quantitative estimate of drug-likeness (QED) is 0.263. The van der Waals surface area contributed by atoms with Gasteiger partial charge in [0.2, 0.25) is 0 Å². The second-order valence-corrected chi connectivity index (χ2v) is 7.66. The van der Waals surface area contributed by atoms with E-state index in [4.69, 9.17) is 18.9 Å². The summed E-state index contributed by atoms with van der Waals surface area (Å²) < 4.78 is 24.2. The van der Waals surface area contributed by atoms with Gasteiger partial charge in [-0.15, -0.1) is 0 Å². The normalized spacial score (nSPS) is 13.2. The molecule has 0 saturated carbocycles. The van der Waals surface area contributed by atoms with Crippen molar-refractivity contribution in [2.45, 2.75) is 31.6 Å². The van der Waals surface area contributed by atoms with E-state index in [9.17, 15) is 5.11 Å². The molecule has 0 spiro atoms. The van der Waals surface area contributed by atoms with Gasteiger partial charge in [-0.05, 0) is 36.6 Å². The number of nitrogens with zero attached hydrogens (tertiary/aromatic N) is 2. The average Bonchev–Trinajstić information content (AvgIpc) is 3.20. The summed E-state index contributed by atoms with van der Waals surface area (Å²) in [6.45, 7) is 7.06. The molecular formula is C26H34N2O5. The molecule has 0 aliphatic rings. The van der Waals surface area contributed by atoms with Crippen molar-refractivity contribution in [1.82, 2.24) is 9.55 Å². The van der Waals surface area contributed by atoms with Gasteiger partial charge < -0.3 is 24.1 Å². The minimum atomic E-state index is -0.698. The molecule has 7 heteroatoms. The zero-order valence-corrected chi connectivity index (χ0v) is 19.3. The van der Waals surface area contributed by atoms with Gasteiger partial charge in [0.25, 0.3) is 6.01 Å². The van der Waals surface area contributed by atoms with Gasteiger partial charge in [-0.1, -0.05) is 49.0 Å². The first-order valence-corrected chi connectivity index (χ1v) is 11.3. The molecule has 2 aromatic carbocycles. The Bertz CT molecular complexity index is 960. The van der Waals surface area contributed by atoms with E-state index in [-0.39, 0.29) is 0 Å². The van der Waals surface area contributed by atoms with Gasteiger partial charge in [0.05, 0.1) is 56.7 Å². The van der Waals surface area contributed by atoms with Crippen molar-refractivity contribution in [2.75, 3.05) is 40.1 Å². The maximum Gasteiger partial charge on any atom is 0.298 e. The second kappa shape index (κ2) is 13.7. The molecular weight excluding hydrogens is 420 g/mol. The molecule has 3 rings (SSSR count). The molecule has 0 unspecified atom stereocenters. The van der Waals surface area contributed by atoms with Crippen LogP contribution in [0.2, 0.25) is 0 Å². The van der Waals surface area contributed by atoms with Crippen LogP contribution in [0.1, 0.15) is 12.0 Å². The van der Waals surface area contributed by atoms with Crippen LogP contribution >= 0.6 is 0 Å². The highest BCUT2D eigenvalue weighted by molar-refractivity contribution is 5.76. The van der Waals surface area contributed by atoms with Crippen molar-refractivity contribution >= 4 is 11.0 Å². The largest absolute Gasteiger partial charge is 0.454 e. The van der Waals surface area contributed by atoms with Crippen molar-refractivity contribution in [1.29, 1.82) is 0 Å². The summed E-state index contributed by atoms with van der Waals surface area (Å²) in [6, 6.07) is 18.4. The van der Waals surface area contributed by atoms with E-state index in [1.807, 2.05) is 47.0 Å². The first-order chi connectivity index (χ1) is 16.2. The van der Waals surface area contributed by atoms with E-state index >= 15 is 0 Å². The summed E-state index contributed by atoms with van der Waals surface area (Å²) >= 11 is 0. The fourth-order valence-corrected chi connectivity index (χ4v) is 3.51. The number of aryl methyl sites for hydroxylation is 1. The summed E-state index contributed by atoms with van der Waals surface area (Å²) in [7, 11) is 1.65. The minimum Gasteiger partial charge on any atom is -0.454 e. The predicted molar refractivity (Wildman–Crippen MR) is 129 cm³/mol. The Kier molecular flexibility index (Phi) is 10.4. The number of fused-ring (bicyclic) bond motifs is 1. The van der Waals surface area contributed by atoms with Crippen LogP contribution in [0.4, 0.5) is 0 Å². The molecule has 0 bridgehead atoms. The van der Waals surface area contributed by atoms with Gasteiger partial charge in [0, 0.05) is 7.11 Å². The van der Waals surface area contributed by atoms with Crippen LogP contribution in [0.5, 0.6) is 6.01 Å². The number of ether oxygens (including phenoxy) is 4. The SMILES string of the molecule is C=C[C@H](Oc1nc2ccccc2n1CCOCCOCCOC)[C@@H](O)CCc1ccccc1. The summed E-state index contributed by atoms with van der Waals surface area (Å²) in [5, 5.41) is 10.8. The van der Waals surface area contributed by atoms with E-state index in [1.54, 1.807) is 13.2 Å². The number of hydrogen-bond donors (Lipinski definition) is 1. The Balaban J connectivity index is 1.59. The Labute approximate surface area is 195 Å². The molecule has 0 saturated heterocycles. The van der Waals surface area contributed by atoms with E-state index in [1.165, 1.54) is 5.56 Å². The maximum absolute atomic E-state index is 10.8. The fraction of sp³-hybridized carbons (Fsp3) is 0.423. The maximum atomic E-state index is 10.8. The molecule has 1 N–H and O–H groups in total. The van der Waals surface area contributed by atoms with Gasteiger partial charge in [-0.2, -0.15) is 4.98 Å². The first kappa shape index (κ1) is 24.9. The molecule has 0 amide bonds. The number of rotatable bonds is 16. The zero-order valence-electron chi connectivity index (χ0n) is 19.3. The van der Waals surface area contributed by atoms with Crippen LogP contribution in [0.3, 0.4) is 0 Å². The molecule has 0 aliphatic heterocycles. The van der Waals surface area contributed by atoms with Gasteiger partial charge in [0.15, 0.2) is 0 Å². The number of hydrogen-bond acceptors (Lipinski definition) is 6. The standard InChI is InChI=1S/C26H34N2O5/c1-3-25(24(29)14-13-21-9-5-4-6-10-21)33-26-27-22-11-7-8-12-23(22)28(26)15-16-31-19-20-32-18-17-30-2/h3-12,24-25,29H,1,13-20H2,2H3/t24-,25-/m0/s1. The second-order valence-electron chi connectivity index (χ2n) is 7.66. The molecule has 0 fully saturated rings. The van der Waals surface area contributed by atoms with Crippen molar-refractivity contribution in [3.8, 4) is 6.01 Å². The molecule has 1 heterocycles. The molecule has 7 nitrogen and oxygen atoms in total. The summed E-state index contributed by atoms with van der Waals surface area (Å²) in [5.74, 6) is 0. The molecule has 0 radical (unpaired) electrons. The van der Waals surface area contributed by atoms with Crippen LogP contribution in [-0.4, -0.2) is 67.0 Å². The lowest BCUT2D eigenvalue weighted by atomic mass is 10.0. The summed E-state index contributed by atoms with van der Waals surface area (Å²) in [4.78, 5) is 4.64. The molecule has 3 aromatic rings. The number of imidazole rings is 1. The third-order valence-corrected chi connectivity index (χ3v) is 5.31. The Hall–Kier alpha value is -2.71. The van der Waals surface area contributed by atoms with Crippen LogP contribution < -0.4 is 4.74 Å². The monoisotopic (exact) mass is 454 g/mol. The fourth-order valence-electron chi connectivity index (χ4n) is 3.51. The highest BCUT2D eigenvalue weighted by Crippen LogP contribution is 2.23. The molecule has 33 heavy (non-hydrogen) atoms. The number of methoxy groups -OCH3 is 1. The van der Waals surface area contributed by atoms with Crippen molar-refractivity contribution in [3.05, 3.63) is 72.8 Å². The van der Waals surface area contributed by atoms with Crippen LogP contribution in [0.25, 0.3) is 11.0 Å². The number of aliphatic hydroxyl groups excluding tert-OH is 1. The minimum absolute atomic E-state index is 0.444. The van der Waals surface area contributed by atoms with E-state index < -0.39 is 12.2 Å². The molecule has 2 atom stereocenters. The van der Waals surface area contributed by atoms with Gasteiger partial charge in [-0.25, -0.2) is 0 Å². The van der Waals surface area contributed by atoms with Gasteiger partial charge >= 0.3 is 0 Å². The number of aliphatic hydroxyl groups is 1. The van der Waals surface area contributed by atoms with Crippen molar-refractivity contribution < 1.29 is 24.1 Å². The summed E-state index contributed by atoms with van der Waals surface area (Å²) in [5.41, 5.74) is 2.96. The lowest BCUT2D eigenvalue weighted by molar-refractivity contribution is 0.0216. The van der Waals surface area contributed by atoms with Gasteiger partial charge in [-0.3, -0.25) is 4.57 Å². The predicted octanol–water partition coefficient (Wildman–Crippen LogP) is 3.64. The lowest BCUT2D eigenvalue weighted by Gasteiger charge is -2.21. The van der Waals surface area contributed by atoms with Crippen LogP contribution in [0.15, 0.2) is 67.3 Å². The van der Waals surface area contributed by atoms with Crippen LogP contribution in [-0.2, 0) is 27.2 Å². The highest BCUT2D eigenvalue weighted by atomic mass is 16.5. The molecule has 1 aromatic heterocycles. The first-order valence-electron chi connectivity index (χ1n) is 11.3. The lowest BCUT2D eigenvalue weighted by Crippen LogP contribution is -2.31. The molecule has 178 valence electrons. The summed E-state index contributed by atoms with van der Waals surface area (Å²) in [6.07, 6.45) is 1.68. The highest BCUT2D eigenvalue weighted by Gasteiger charge is 2.21. The Morgan fingerprint density at radius 2 is 1.67 bits per heavy atom. The molecule has 0 aliphatic carbocycles. The topological polar surface area (TPSA) is 75.0 Å². The van der Waals surface area contributed by atoms with Crippen molar-refractivity contribution in [3.63, 3.8) is 0 Å². The third-order valence-electron chi connectivity index (χ3n) is 5.31. The van der Waals surface area contributed by atoms with Crippen molar-refractivity contribution in [2.24, 2.45) is 0 Å². The zero-order chi connectivity index (χ0) is 23.3. The van der Waals surface area contributed by atoms with E-state index in [0.717, 1.165) is 17.5 Å². The van der Waals surface area contributed by atoms with Crippen LogP contribution in [0, 0.1) is 0 Å². The Morgan fingerprint density at radius 3 is 2.42 bits per heavy atom. The van der Waals surface area contributed by atoms with E-state index in [0.29, 0.717) is 52.0 Å². The third kappa shape index (κ3) is 7.68. The number of aromatic nitrogens is 2. The number of benzene rings is 2. The Morgan fingerprint density at radius 1 is 0.970 bits per heavy atom. The average molecular weight is 455 g/mol. The van der Waals surface area contributed by atoms with Gasteiger partial charge in [0.1, 0.15) is 6.10 Å². The number of para-hydroxylation sites is 2.